The van der Waals surface area contributed by atoms with Crippen molar-refractivity contribution in [3.05, 3.63) is 34.9 Å². The first-order chi connectivity index (χ1) is 13.5. The van der Waals surface area contributed by atoms with Crippen LogP contribution in [0.1, 0.15) is 66.9 Å². The van der Waals surface area contributed by atoms with Gasteiger partial charge < -0.3 is 16.0 Å². The van der Waals surface area contributed by atoms with Gasteiger partial charge in [0, 0.05) is 31.1 Å². The summed E-state index contributed by atoms with van der Waals surface area (Å²) in [5.41, 5.74) is 8.42. The molecule has 1 fully saturated rings. The number of benzene rings is 1. The molecule has 28 heavy (non-hydrogen) atoms. The second-order valence-electron chi connectivity index (χ2n) is 7.89. The molecule has 3 amide bonds. The first-order valence-corrected chi connectivity index (χ1v) is 10.2. The minimum Gasteiger partial charge on any atom is -0.328 e. The molecule has 152 valence electrons. The van der Waals surface area contributed by atoms with Crippen molar-refractivity contribution in [3.63, 3.8) is 0 Å². The number of unbranched alkanes of at least 4 members (excludes halogenated alkanes) is 2. The Morgan fingerprint density at radius 2 is 2.07 bits per heavy atom. The third kappa shape index (κ3) is 4.97. The first-order valence-electron chi connectivity index (χ1n) is 10.2. The molecule has 2 heterocycles. The zero-order valence-corrected chi connectivity index (χ0v) is 16.5. The zero-order valence-electron chi connectivity index (χ0n) is 16.5. The van der Waals surface area contributed by atoms with E-state index < -0.39 is 6.04 Å². The largest absolute Gasteiger partial charge is 0.328 e. The van der Waals surface area contributed by atoms with Crippen molar-refractivity contribution in [3.8, 4) is 0 Å². The number of nitrogens with one attached hydrogen (secondary N) is 2. The Kier molecular flexibility index (Phi) is 6.80. The predicted molar refractivity (Wildman–Crippen MR) is 106 cm³/mol. The van der Waals surface area contributed by atoms with Crippen LogP contribution in [0.2, 0.25) is 0 Å². The molecule has 0 spiro atoms. The Hall–Kier alpha value is -2.25. The summed E-state index contributed by atoms with van der Waals surface area (Å²) in [7, 11) is 0. The van der Waals surface area contributed by atoms with E-state index in [1.165, 1.54) is 0 Å². The number of amides is 3. The molecule has 4 N–H and O–H groups in total. The molecule has 7 nitrogen and oxygen atoms in total. The van der Waals surface area contributed by atoms with E-state index in [0.717, 1.165) is 43.4 Å². The van der Waals surface area contributed by atoms with E-state index in [1.807, 2.05) is 25.1 Å². The lowest BCUT2D eigenvalue weighted by atomic mass is 10.0. The number of nitrogens with two attached hydrogens (primary N) is 1. The molecule has 1 unspecified atom stereocenters. The van der Waals surface area contributed by atoms with E-state index in [4.69, 9.17) is 5.73 Å². The molecule has 0 bridgehead atoms. The normalized spacial score (nSPS) is 20.3. The fourth-order valence-corrected chi connectivity index (χ4v) is 3.84. The van der Waals surface area contributed by atoms with Crippen LogP contribution < -0.4 is 16.4 Å². The summed E-state index contributed by atoms with van der Waals surface area (Å²) >= 11 is 0. The monoisotopic (exact) mass is 386 g/mol. The molecule has 3 rings (SSSR count). The van der Waals surface area contributed by atoms with Crippen molar-refractivity contribution in [1.29, 1.82) is 0 Å². The van der Waals surface area contributed by atoms with Crippen molar-refractivity contribution in [2.45, 2.75) is 70.6 Å². The maximum absolute atomic E-state index is 12.8. The number of rotatable bonds is 9. The lowest BCUT2D eigenvalue weighted by Gasteiger charge is -2.29. The standard InChI is InChI=1S/C21H30N4O3/c1-14(22)5-3-2-4-10-23-12-15-6-7-16-13-25(21(28)17(16)11-15)18-8-9-19(26)24-20(18)27/h6-7,11,14,18,23H,2-5,8-10,12-13,22H2,1H3,(H,24,26,27)/t14-,18?/m0/s1. The number of imide groups is 1. The molecular weight excluding hydrogens is 356 g/mol. The van der Waals surface area contributed by atoms with Crippen molar-refractivity contribution >= 4 is 17.7 Å². The van der Waals surface area contributed by atoms with Crippen LogP contribution in [0.4, 0.5) is 0 Å². The number of nitrogens with zero attached hydrogens (tertiary/aromatic N) is 1. The highest BCUT2D eigenvalue weighted by molar-refractivity contribution is 6.05. The zero-order chi connectivity index (χ0) is 20.1. The van der Waals surface area contributed by atoms with Gasteiger partial charge in [0.25, 0.3) is 5.91 Å². The third-order valence-corrected chi connectivity index (χ3v) is 5.43. The van der Waals surface area contributed by atoms with Crippen molar-refractivity contribution in [2.24, 2.45) is 5.73 Å². The van der Waals surface area contributed by atoms with Crippen LogP contribution in [0.5, 0.6) is 0 Å². The van der Waals surface area contributed by atoms with Crippen LogP contribution in [-0.2, 0) is 22.7 Å². The van der Waals surface area contributed by atoms with E-state index in [9.17, 15) is 14.4 Å². The summed E-state index contributed by atoms with van der Waals surface area (Å²) in [6, 6.07) is 5.64. The van der Waals surface area contributed by atoms with Gasteiger partial charge in [0.2, 0.25) is 11.8 Å². The molecule has 0 saturated carbocycles. The van der Waals surface area contributed by atoms with Gasteiger partial charge in [-0.3, -0.25) is 19.7 Å². The maximum Gasteiger partial charge on any atom is 0.255 e. The number of hydrogen-bond donors (Lipinski definition) is 3. The molecule has 2 atom stereocenters. The minimum absolute atomic E-state index is 0.123. The number of piperidine rings is 1. The lowest BCUT2D eigenvalue weighted by Crippen LogP contribution is -2.52. The van der Waals surface area contributed by atoms with Gasteiger partial charge in [-0.15, -0.1) is 0 Å². The highest BCUT2D eigenvalue weighted by atomic mass is 16.2. The summed E-state index contributed by atoms with van der Waals surface area (Å²) in [6.07, 6.45) is 5.16. The predicted octanol–water partition coefficient (Wildman–Crippen LogP) is 1.44. The fourth-order valence-electron chi connectivity index (χ4n) is 3.84. The summed E-state index contributed by atoms with van der Waals surface area (Å²) < 4.78 is 0. The van der Waals surface area contributed by atoms with Gasteiger partial charge >= 0.3 is 0 Å². The fraction of sp³-hybridized carbons (Fsp3) is 0.571. The number of fused-ring (bicyclic) bond motifs is 1. The molecule has 2 aliphatic heterocycles. The van der Waals surface area contributed by atoms with Gasteiger partial charge in [0.1, 0.15) is 6.04 Å². The number of carbonyl (C=O) groups excluding carboxylic acids is 3. The quantitative estimate of drug-likeness (QED) is 0.440. The number of hydrogen-bond acceptors (Lipinski definition) is 5. The Balaban J connectivity index is 1.50. The van der Waals surface area contributed by atoms with E-state index in [2.05, 4.69) is 10.6 Å². The van der Waals surface area contributed by atoms with Gasteiger partial charge in [0.05, 0.1) is 0 Å². The molecule has 1 aromatic rings. The lowest BCUT2D eigenvalue weighted by molar-refractivity contribution is -0.136. The summed E-state index contributed by atoms with van der Waals surface area (Å²) in [6.45, 7) is 4.11. The van der Waals surface area contributed by atoms with Crippen LogP contribution in [0, 0.1) is 0 Å². The van der Waals surface area contributed by atoms with Gasteiger partial charge in [-0.25, -0.2) is 0 Å². The second-order valence-corrected chi connectivity index (χ2v) is 7.89. The van der Waals surface area contributed by atoms with E-state index in [1.54, 1.807) is 4.90 Å². The van der Waals surface area contributed by atoms with Crippen LogP contribution in [-0.4, -0.2) is 41.2 Å². The molecule has 2 aliphatic rings. The summed E-state index contributed by atoms with van der Waals surface area (Å²) in [5, 5.41) is 5.76. The number of carbonyl (C=O) groups is 3. The topological polar surface area (TPSA) is 105 Å². The minimum atomic E-state index is -0.560. The van der Waals surface area contributed by atoms with Crippen molar-refractivity contribution in [2.75, 3.05) is 6.54 Å². The molecule has 0 aliphatic carbocycles. The first kappa shape index (κ1) is 20.5. The highest BCUT2D eigenvalue weighted by Crippen LogP contribution is 2.28. The summed E-state index contributed by atoms with van der Waals surface area (Å²) in [5.74, 6) is -0.762. The Morgan fingerprint density at radius 1 is 1.25 bits per heavy atom. The van der Waals surface area contributed by atoms with Crippen LogP contribution in [0.3, 0.4) is 0 Å². The molecular formula is C21H30N4O3. The van der Waals surface area contributed by atoms with Gasteiger partial charge in [-0.2, -0.15) is 0 Å². The maximum atomic E-state index is 12.8. The highest BCUT2D eigenvalue weighted by Gasteiger charge is 2.38. The Morgan fingerprint density at radius 3 is 2.82 bits per heavy atom. The average Bonchev–Trinajstić information content (AvgIpc) is 2.97. The second kappa shape index (κ2) is 9.30. The molecule has 0 aromatic heterocycles. The smallest absolute Gasteiger partial charge is 0.255 e. The summed E-state index contributed by atoms with van der Waals surface area (Å²) in [4.78, 5) is 37.8. The Bertz CT molecular complexity index is 747. The van der Waals surface area contributed by atoms with E-state index >= 15 is 0 Å². The van der Waals surface area contributed by atoms with E-state index in [0.29, 0.717) is 25.1 Å². The molecule has 7 heteroatoms. The molecule has 1 saturated heterocycles. The van der Waals surface area contributed by atoms with E-state index in [-0.39, 0.29) is 30.2 Å². The van der Waals surface area contributed by atoms with Crippen LogP contribution in [0.15, 0.2) is 18.2 Å². The Labute approximate surface area is 166 Å². The SMILES string of the molecule is C[C@H](N)CCCCCNCc1ccc2c(c1)C(=O)N(C1CCC(=O)NC1=O)C2. The molecule has 1 aromatic carbocycles. The van der Waals surface area contributed by atoms with Gasteiger partial charge in [0.15, 0.2) is 0 Å². The average molecular weight is 386 g/mol. The van der Waals surface area contributed by atoms with Gasteiger partial charge in [-0.05, 0) is 49.9 Å². The van der Waals surface area contributed by atoms with Crippen molar-refractivity contribution < 1.29 is 14.4 Å². The third-order valence-electron chi connectivity index (χ3n) is 5.43. The molecule has 0 radical (unpaired) electrons. The van der Waals surface area contributed by atoms with Crippen molar-refractivity contribution in [1.82, 2.24) is 15.5 Å². The van der Waals surface area contributed by atoms with Gasteiger partial charge in [-0.1, -0.05) is 25.0 Å². The van der Waals surface area contributed by atoms with Crippen LogP contribution >= 0.6 is 0 Å². The van der Waals surface area contributed by atoms with Crippen LogP contribution in [0.25, 0.3) is 0 Å².